The summed E-state index contributed by atoms with van der Waals surface area (Å²) in [6.07, 6.45) is 1.48. The molecular formula is C12H9ClN2O4. The van der Waals surface area contributed by atoms with Crippen LogP contribution in [0.1, 0.15) is 16.1 Å². The molecule has 0 saturated carbocycles. The Labute approximate surface area is 113 Å². The second-order valence-electron chi connectivity index (χ2n) is 3.68. The van der Waals surface area contributed by atoms with Gasteiger partial charge in [-0.2, -0.15) is 0 Å². The van der Waals surface area contributed by atoms with Crippen molar-refractivity contribution in [1.29, 1.82) is 0 Å². The fourth-order valence-corrected chi connectivity index (χ4v) is 1.70. The Bertz CT molecular complexity index is 610. The maximum absolute atomic E-state index is 11.9. The number of nitrogens with zero attached hydrogens (tertiary/aromatic N) is 1. The molecule has 0 saturated heterocycles. The molecule has 0 aliphatic carbocycles. The third-order valence-corrected chi connectivity index (χ3v) is 2.64. The number of amides is 1. The van der Waals surface area contributed by atoms with Crippen molar-refractivity contribution in [3.05, 3.63) is 63.1 Å². The average molecular weight is 281 g/mol. The molecule has 0 aliphatic rings. The topological polar surface area (TPSA) is 85.4 Å². The van der Waals surface area contributed by atoms with Crippen LogP contribution in [0.3, 0.4) is 0 Å². The van der Waals surface area contributed by atoms with Crippen molar-refractivity contribution in [2.24, 2.45) is 0 Å². The summed E-state index contributed by atoms with van der Waals surface area (Å²) >= 11 is 5.74. The van der Waals surface area contributed by atoms with Crippen molar-refractivity contribution in [2.45, 2.75) is 6.54 Å². The van der Waals surface area contributed by atoms with Crippen molar-refractivity contribution in [3.63, 3.8) is 0 Å². The molecule has 0 aliphatic heterocycles. The summed E-state index contributed by atoms with van der Waals surface area (Å²) in [6.45, 7) is 0.148. The Balaban J connectivity index is 2.18. The Morgan fingerprint density at radius 3 is 2.84 bits per heavy atom. The number of nitro groups is 1. The zero-order valence-corrected chi connectivity index (χ0v) is 10.4. The fraction of sp³-hybridized carbons (Fsp3) is 0.0833. The van der Waals surface area contributed by atoms with E-state index < -0.39 is 10.8 Å². The van der Waals surface area contributed by atoms with E-state index in [1.165, 1.54) is 24.5 Å². The van der Waals surface area contributed by atoms with Gasteiger partial charge in [0, 0.05) is 11.1 Å². The Morgan fingerprint density at radius 2 is 2.21 bits per heavy atom. The van der Waals surface area contributed by atoms with Crippen molar-refractivity contribution in [3.8, 4) is 0 Å². The molecule has 2 aromatic rings. The molecule has 1 heterocycles. The summed E-state index contributed by atoms with van der Waals surface area (Å²) in [7, 11) is 0. The highest BCUT2D eigenvalue weighted by Crippen LogP contribution is 2.22. The van der Waals surface area contributed by atoms with Gasteiger partial charge in [-0.25, -0.2) is 0 Å². The molecular weight excluding hydrogens is 272 g/mol. The smallest absolute Gasteiger partial charge is 0.282 e. The van der Waals surface area contributed by atoms with Gasteiger partial charge in [-0.15, -0.1) is 0 Å². The Kier molecular flexibility index (Phi) is 3.82. The monoisotopic (exact) mass is 280 g/mol. The predicted molar refractivity (Wildman–Crippen MR) is 68.0 cm³/mol. The van der Waals surface area contributed by atoms with Crippen LogP contribution < -0.4 is 5.32 Å². The van der Waals surface area contributed by atoms with Gasteiger partial charge in [-0.1, -0.05) is 11.6 Å². The number of halogens is 1. The van der Waals surface area contributed by atoms with Crippen LogP contribution in [-0.4, -0.2) is 10.8 Å². The quantitative estimate of drug-likeness (QED) is 0.689. The lowest BCUT2D eigenvalue weighted by molar-refractivity contribution is -0.385. The lowest BCUT2D eigenvalue weighted by atomic mass is 10.1. The first-order valence-corrected chi connectivity index (χ1v) is 5.70. The molecule has 1 N–H and O–H groups in total. The van der Waals surface area contributed by atoms with Crippen molar-refractivity contribution in [1.82, 2.24) is 5.32 Å². The number of carbonyl (C=O) groups excluding carboxylic acids is 1. The van der Waals surface area contributed by atoms with Gasteiger partial charge in [-0.3, -0.25) is 14.9 Å². The summed E-state index contributed by atoms with van der Waals surface area (Å²) in [4.78, 5) is 22.1. The molecule has 6 nitrogen and oxygen atoms in total. The molecule has 7 heteroatoms. The number of benzene rings is 1. The first-order valence-electron chi connectivity index (χ1n) is 5.32. The molecule has 19 heavy (non-hydrogen) atoms. The summed E-state index contributed by atoms with van der Waals surface area (Å²) in [5.41, 5.74) is -0.370. The Hall–Kier alpha value is -2.34. The van der Waals surface area contributed by atoms with E-state index in [2.05, 4.69) is 5.32 Å². The lowest BCUT2D eigenvalue weighted by Gasteiger charge is -2.04. The maximum Gasteiger partial charge on any atom is 0.282 e. The first kappa shape index (κ1) is 13.1. The van der Waals surface area contributed by atoms with Crippen LogP contribution in [0.15, 0.2) is 41.0 Å². The van der Waals surface area contributed by atoms with Gasteiger partial charge in [0.05, 0.1) is 17.7 Å². The third-order valence-electron chi connectivity index (χ3n) is 2.40. The van der Waals surface area contributed by atoms with Gasteiger partial charge in [0.25, 0.3) is 11.6 Å². The number of nitro benzene ring substituents is 1. The number of nitrogens with one attached hydrogen (secondary N) is 1. The van der Waals surface area contributed by atoms with Gasteiger partial charge in [0.15, 0.2) is 0 Å². The summed E-state index contributed by atoms with van der Waals surface area (Å²) in [6, 6.07) is 7.19. The average Bonchev–Trinajstić information content (AvgIpc) is 2.88. The van der Waals surface area contributed by atoms with E-state index in [0.29, 0.717) is 5.76 Å². The van der Waals surface area contributed by atoms with Crippen LogP contribution >= 0.6 is 11.6 Å². The summed E-state index contributed by atoms with van der Waals surface area (Å²) in [5, 5.41) is 13.6. The zero-order chi connectivity index (χ0) is 13.8. The second kappa shape index (κ2) is 5.53. The van der Waals surface area contributed by atoms with Gasteiger partial charge >= 0.3 is 0 Å². The lowest BCUT2D eigenvalue weighted by Crippen LogP contribution is -2.23. The van der Waals surface area contributed by atoms with E-state index in [1.54, 1.807) is 12.1 Å². The third kappa shape index (κ3) is 3.11. The highest BCUT2D eigenvalue weighted by atomic mass is 35.5. The number of hydrogen-bond acceptors (Lipinski definition) is 4. The largest absolute Gasteiger partial charge is 0.467 e. The molecule has 0 fully saturated rings. The van der Waals surface area contributed by atoms with E-state index >= 15 is 0 Å². The van der Waals surface area contributed by atoms with E-state index in [1.807, 2.05) is 0 Å². The molecule has 2 rings (SSSR count). The zero-order valence-electron chi connectivity index (χ0n) is 9.63. The van der Waals surface area contributed by atoms with Crippen LogP contribution in [0.2, 0.25) is 5.02 Å². The molecule has 0 radical (unpaired) electrons. The SMILES string of the molecule is O=C(NCc1ccco1)c1cc(Cl)ccc1[N+](=O)[O-]. The molecule has 0 atom stereocenters. The van der Waals surface area contributed by atoms with Gasteiger partial charge in [0.2, 0.25) is 0 Å². The van der Waals surface area contributed by atoms with Crippen LogP contribution in [-0.2, 0) is 6.54 Å². The molecule has 1 amide bonds. The number of rotatable bonds is 4. The van der Waals surface area contributed by atoms with Gasteiger partial charge in [0.1, 0.15) is 11.3 Å². The minimum atomic E-state index is -0.627. The molecule has 1 aromatic heterocycles. The molecule has 98 valence electrons. The maximum atomic E-state index is 11.9. The van der Waals surface area contributed by atoms with E-state index in [0.717, 1.165) is 0 Å². The highest BCUT2D eigenvalue weighted by molar-refractivity contribution is 6.31. The van der Waals surface area contributed by atoms with E-state index in [4.69, 9.17) is 16.0 Å². The van der Waals surface area contributed by atoms with Crippen LogP contribution in [0.5, 0.6) is 0 Å². The van der Waals surface area contributed by atoms with Gasteiger partial charge in [-0.05, 0) is 24.3 Å². The number of carbonyl (C=O) groups is 1. The Morgan fingerprint density at radius 1 is 1.42 bits per heavy atom. The standard InChI is InChI=1S/C12H9ClN2O4/c13-8-3-4-11(15(17)18)10(6-8)12(16)14-7-9-2-1-5-19-9/h1-6H,7H2,(H,14,16). The second-order valence-corrected chi connectivity index (χ2v) is 4.12. The van der Waals surface area contributed by atoms with Crippen molar-refractivity contribution in [2.75, 3.05) is 0 Å². The number of hydrogen-bond donors (Lipinski definition) is 1. The van der Waals surface area contributed by atoms with Crippen LogP contribution in [0.4, 0.5) is 5.69 Å². The van der Waals surface area contributed by atoms with Crippen molar-refractivity contribution >= 4 is 23.2 Å². The van der Waals surface area contributed by atoms with Gasteiger partial charge < -0.3 is 9.73 Å². The van der Waals surface area contributed by atoms with E-state index in [-0.39, 0.29) is 22.8 Å². The first-order chi connectivity index (χ1) is 9.08. The molecule has 0 unspecified atom stereocenters. The van der Waals surface area contributed by atoms with Crippen molar-refractivity contribution < 1.29 is 14.1 Å². The van der Waals surface area contributed by atoms with E-state index in [9.17, 15) is 14.9 Å². The number of furan rings is 1. The summed E-state index contributed by atoms with van der Waals surface area (Å²) in [5.74, 6) is -0.0244. The van der Waals surface area contributed by atoms with Crippen LogP contribution in [0.25, 0.3) is 0 Å². The summed E-state index contributed by atoms with van der Waals surface area (Å²) < 4.78 is 5.05. The molecule has 0 spiro atoms. The highest BCUT2D eigenvalue weighted by Gasteiger charge is 2.20. The minimum Gasteiger partial charge on any atom is -0.467 e. The predicted octanol–water partition coefficient (Wildman–Crippen LogP) is 2.77. The minimum absolute atomic E-state index is 0.0796. The van der Waals surface area contributed by atoms with Crippen LogP contribution in [0, 0.1) is 10.1 Å². The molecule has 1 aromatic carbocycles. The molecule has 0 bridgehead atoms. The fourth-order valence-electron chi connectivity index (χ4n) is 1.53. The normalized spacial score (nSPS) is 10.2.